The maximum atomic E-state index is 13.8. The zero-order chi connectivity index (χ0) is 19.3. The van der Waals surface area contributed by atoms with Crippen LogP contribution in [0.5, 0.6) is 0 Å². The van der Waals surface area contributed by atoms with Crippen LogP contribution in [0, 0.1) is 11.7 Å². The molecule has 1 amide bonds. The van der Waals surface area contributed by atoms with E-state index in [-0.39, 0.29) is 11.7 Å². The Labute approximate surface area is 164 Å². The molecule has 0 aliphatic carbocycles. The van der Waals surface area contributed by atoms with E-state index in [0.29, 0.717) is 11.5 Å². The number of halogens is 1. The highest BCUT2D eigenvalue weighted by molar-refractivity contribution is 5.94. The second kappa shape index (κ2) is 8.38. The lowest BCUT2D eigenvalue weighted by atomic mass is 9.91. The number of nitrogens with one attached hydrogen (secondary N) is 1. The van der Waals surface area contributed by atoms with Crippen molar-refractivity contribution in [2.45, 2.75) is 25.7 Å². The Balaban J connectivity index is 1.37. The minimum atomic E-state index is -0.136. The number of aromatic nitrogens is 2. The monoisotopic (exact) mass is 377 g/mol. The van der Waals surface area contributed by atoms with Gasteiger partial charge in [-0.15, -0.1) is 0 Å². The summed E-state index contributed by atoms with van der Waals surface area (Å²) < 4.78 is 13.8. The number of aromatic amines is 1. The summed E-state index contributed by atoms with van der Waals surface area (Å²) in [6.45, 7) is 1.53. The van der Waals surface area contributed by atoms with Crippen molar-refractivity contribution >= 4 is 5.91 Å². The third-order valence-corrected chi connectivity index (χ3v) is 5.53. The first-order chi connectivity index (χ1) is 13.7. The predicted molar refractivity (Wildman–Crippen MR) is 107 cm³/mol. The third kappa shape index (κ3) is 4.14. The minimum absolute atomic E-state index is 0.0757. The number of rotatable bonds is 5. The first kappa shape index (κ1) is 18.4. The minimum Gasteiger partial charge on any atom is -0.338 e. The number of H-pyrrole nitrogens is 1. The van der Waals surface area contributed by atoms with Gasteiger partial charge in [-0.1, -0.05) is 30.3 Å². The Bertz CT molecular complexity index is 921. The summed E-state index contributed by atoms with van der Waals surface area (Å²) >= 11 is 0. The summed E-state index contributed by atoms with van der Waals surface area (Å²) in [6.07, 6.45) is 5.43. The number of hydrogen-bond donors (Lipinski definition) is 1. The van der Waals surface area contributed by atoms with Gasteiger partial charge in [-0.05, 0) is 67.0 Å². The van der Waals surface area contributed by atoms with E-state index >= 15 is 0 Å². The molecule has 1 aliphatic rings. The second-order valence-electron chi connectivity index (χ2n) is 7.44. The van der Waals surface area contributed by atoms with Gasteiger partial charge in [-0.25, -0.2) is 4.39 Å². The molecule has 1 fully saturated rings. The molecule has 0 spiro atoms. The Morgan fingerprint density at radius 2 is 1.96 bits per heavy atom. The van der Waals surface area contributed by atoms with E-state index in [9.17, 15) is 9.18 Å². The number of aryl methyl sites for hydroxylation is 1. The third-order valence-electron chi connectivity index (χ3n) is 5.53. The van der Waals surface area contributed by atoms with Gasteiger partial charge in [-0.2, -0.15) is 5.10 Å². The molecule has 1 aliphatic heterocycles. The molecule has 0 unspecified atom stereocenters. The van der Waals surface area contributed by atoms with E-state index in [1.54, 1.807) is 12.3 Å². The van der Waals surface area contributed by atoms with Gasteiger partial charge in [0.05, 0.1) is 5.69 Å². The van der Waals surface area contributed by atoms with Crippen molar-refractivity contribution in [2.24, 2.45) is 5.92 Å². The average Bonchev–Trinajstić information content (AvgIpc) is 3.28. The lowest BCUT2D eigenvalue weighted by Gasteiger charge is -2.33. The molecule has 0 radical (unpaired) electrons. The summed E-state index contributed by atoms with van der Waals surface area (Å²) in [5.74, 6) is 0.358. The van der Waals surface area contributed by atoms with Crippen LogP contribution in [0.4, 0.5) is 4.39 Å². The van der Waals surface area contributed by atoms with Gasteiger partial charge in [0.25, 0.3) is 5.91 Å². The SMILES string of the molecule is O=C(c1ccc(-c2ccn[nH]2)cc1)N1CCC[C@@H](CCc2ccccc2F)C1. The van der Waals surface area contributed by atoms with Crippen LogP contribution in [-0.4, -0.2) is 34.1 Å². The molecule has 4 nitrogen and oxygen atoms in total. The molecule has 0 saturated carbocycles. The second-order valence-corrected chi connectivity index (χ2v) is 7.44. The number of carbonyl (C=O) groups excluding carboxylic acids is 1. The zero-order valence-corrected chi connectivity index (χ0v) is 15.8. The smallest absolute Gasteiger partial charge is 0.253 e. The van der Waals surface area contributed by atoms with Crippen molar-refractivity contribution in [3.8, 4) is 11.3 Å². The molecule has 1 saturated heterocycles. The molecule has 4 rings (SSSR count). The van der Waals surface area contributed by atoms with Gasteiger partial charge < -0.3 is 4.90 Å². The summed E-state index contributed by atoms with van der Waals surface area (Å²) in [6, 6.07) is 16.5. The number of piperidine rings is 1. The summed E-state index contributed by atoms with van der Waals surface area (Å²) in [5.41, 5.74) is 3.42. The van der Waals surface area contributed by atoms with E-state index in [1.807, 2.05) is 47.4 Å². The van der Waals surface area contributed by atoms with Crippen molar-refractivity contribution in [1.29, 1.82) is 0 Å². The van der Waals surface area contributed by atoms with E-state index in [1.165, 1.54) is 6.07 Å². The van der Waals surface area contributed by atoms with Crippen molar-refractivity contribution in [3.05, 3.63) is 77.7 Å². The highest BCUT2D eigenvalue weighted by Gasteiger charge is 2.24. The first-order valence-corrected chi connectivity index (χ1v) is 9.83. The molecular weight excluding hydrogens is 353 g/mol. The van der Waals surface area contributed by atoms with Crippen LogP contribution in [0.2, 0.25) is 0 Å². The molecule has 1 aromatic heterocycles. The molecule has 1 atom stereocenters. The van der Waals surface area contributed by atoms with E-state index in [2.05, 4.69) is 10.2 Å². The van der Waals surface area contributed by atoms with Gasteiger partial charge in [0.1, 0.15) is 5.82 Å². The molecular formula is C23H24FN3O. The zero-order valence-electron chi connectivity index (χ0n) is 15.8. The topological polar surface area (TPSA) is 49.0 Å². The molecule has 5 heteroatoms. The maximum absolute atomic E-state index is 13.8. The molecule has 28 heavy (non-hydrogen) atoms. The number of amides is 1. The van der Waals surface area contributed by atoms with E-state index in [4.69, 9.17) is 0 Å². The Morgan fingerprint density at radius 1 is 1.14 bits per heavy atom. The fraction of sp³-hybridized carbons (Fsp3) is 0.304. The number of carbonyl (C=O) groups is 1. The Hall–Kier alpha value is -2.95. The number of hydrogen-bond acceptors (Lipinski definition) is 2. The molecule has 1 N–H and O–H groups in total. The van der Waals surface area contributed by atoms with Crippen LogP contribution in [-0.2, 0) is 6.42 Å². The van der Waals surface area contributed by atoms with E-state index in [0.717, 1.165) is 55.6 Å². The van der Waals surface area contributed by atoms with Crippen LogP contribution < -0.4 is 0 Å². The van der Waals surface area contributed by atoms with Crippen molar-refractivity contribution in [1.82, 2.24) is 15.1 Å². The molecule has 0 bridgehead atoms. The van der Waals surface area contributed by atoms with Gasteiger partial charge in [-0.3, -0.25) is 9.89 Å². The maximum Gasteiger partial charge on any atom is 0.253 e. The molecule has 2 aromatic carbocycles. The van der Waals surface area contributed by atoms with Crippen LogP contribution in [0.25, 0.3) is 11.3 Å². The van der Waals surface area contributed by atoms with Gasteiger partial charge >= 0.3 is 0 Å². The highest BCUT2D eigenvalue weighted by atomic mass is 19.1. The molecule has 3 aromatic rings. The van der Waals surface area contributed by atoms with E-state index < -0.39 is 0 Å². The fourth-order valence-corrected chi connectivity index (χ4v) is 3.94. The van der Waals surface area contributed by atoms with Gasteiger partial charge in [0, 0.05) is 24.8 Å². The van der Waals surface area contributed by atoms with Crippen LogP contribution in [0.3, 0.4) is 0 Å². The standard InChI is InChI=1S/C23H24FN3O/c24-21-6-2-1-5-18(21)8-7-17-4-3-15-27(16-17)23(28)20-11-9-19(10-12-20)22-13-14-25-26-22/h1-2,5-6,9-14,17H,3-4,7-8,15-16H2,(H,25,26)/t17-/m0/s1. The summed E-state index contributed by atoms with van der Waals surface area (Å²) in [4.78, 5) is 14.9. The number of benzene rings is 2. The average molecular weight is 377 g/mol. The van der Waals surface area contributed by atoms with Crippen molar-refractivity contribution in [3.63, 3.8) is 0 Å². The molecule has 2 heterocycles. The van der Waals surface area contributed by atoms with Crippen molar-refractivity contribution in [2.75, 3.05) is 13.1 Å². The first-order valence-electron chi connectivity index (χ1n) is 9.83. The quantitative estimate of drug-likeness (QED) is 0.701. The Morgan fingerprint density at radius 3 is 2.71 bits per heavy atom. The van der Waals surface area contributed by atoms with Crippen molar-refractivity contribution < 1.29 is 9.18 Å². The lowest BCUT2D eigenvalue weighted by molar-refractivity contribution is 0.0668. The van der Waals surface area contributed by atoms with Crippen LogP contribution in [0.15, 0.2) is 60.8 Å². The normalized spacial score (nSPS) is 16.9. The van der Waals surface area contributed by atoms with Gasteiger partial charge in [0.15, 0.2) is 0 Å². The Kier molecular flexibility index (Phi) is 5.51. The fourth-order valence-electron chi connectivity index (χ4n) is 3.94. The number of nitrogens with zero attached hydrogens (tertiary/aromatic N) is 2. The van der Waals surface area contributed by atoms with Crippen LogP contribution >= 0.6 is 0 Å². The number of likely N-dealkylation sites (tertiary alicyclic amines) is 1. The largest absolute Gasteiger partial charge is 0.338 e. The lowest BCUT2D eigenvalue weighted by Crippen LogP contribution is -2.40. The highest BCUT2D eigenvalue weighted by Crippen LogP contribution is 2.24. The van der Waals surface area contributed by atoms with Crippen LogP contribution in [0.1, 0.15) is 35.2 Å². The summed E-state index contributed by atoms with van der Waals surface area (Å²) in [5, 5.41) is 6.89. The molecule has 144 valence electrons. The van der Waals surface area contributed by atoms with Gasteiger partial charge in [0.2, 0.25) is 0 Å². The predicted octanol–water partition coefficient (Wildman–Crippen LogP) is 4.70. The summed E-state index contributed by atoms with van der Waals surface area (Å²) in [7, 11) is 0.